The predicted octanol–water partition coefficient (Wildman–Crippen LogP) is 4.34. The molecule has 0 N–H and O–H groups in total. The Balaban J connectivity index is 1.86. The van der Waals surface area contributed by atoms with Crippen LogP contribution in [0.1, 0.15) is 25.0 Å². The molecule has 0 spiro atoms. The second-order valence-corrected chi connectivity index (χ2v) is 4.91. The van der Waals surface area contributed by atoms with Crippen molar-refractivity contribution in [3.05, 3.63) is 59.7 Å². The van der Waals surface area contributed by atoms with Gasteiger partial charge in [-0.05, 0) is 26.0 Å². The first-order valence-electron chi connectivity index (χ1n) is 7.95. The van der Waals surface area contributed by atoms with Crippen LogP contribution < -0.4 is 9.47 Å². The molecule has 2 aromatic carbocycles. The highest BCUT2D eigenvalue weighted by Crippen LogP contribution is 2.20. The van der Waals surface area contributed by atoms with Gasteiger partial charge in [-0.1, -0.05) is 36.4 Å². The largest absolute Gasteiger partial charge is 0.508 e. The molecular weight excluding hydrogens is 308 g/mol. The van der Waals surface area contributed by atoms with Crippen LogP contribution >= 0.6 is 0 Å². The van der Waals surface area contributed by atoms with Gasteiger partial charge >= 0.3 is 6.16 Å². The molecule has 0 amide bonds. The Labute approximate surface area is 142 Å². The molecule has 128 valence electrons. The first-order valence-corrected chi connectivity index (χ1v) is 7.95. The van der Waals surface area contributed by atoms with Gasteiger partial charge in [0.25, 0.3) is 0 Å². The molecule has 24 heavy (non-hydrogen) atoms. The van der Waals surface area contributed by atoms with Crippen molar-refractivity contribution in [3.8, 4) is 11.5 Å². The molecule has 0 fully saturated rings. The minimum absolute atomic E-state index is 0.0993. The molecule has 0 atom stereocenters. The van der Waals surface area contributed by atoms with Crippen molar-refractivity contribution < 1.29 is 23.7 Å². The highest BCUT2D eigenvalue weighted by Gasteiger charge is 2.10. The van der Waals surface area contributed by atoms with E-state index in [1.807, 2.05) is 62.4 Å². The fourth-order valence-electron chi connectivity index (χ4n) is 2.15. The van der Waals surface area contributed by atoms with Crippen LogP contribution in [0.25, 0.3) is 0 Å². The van der Waals surface area contributed by atoms with Crippen molar-refractivity contribution in [2.24, 2.45) is 0 Å². The summed E-state index contributed by atoms with van der Waals surface area (Å²) in [4.78, 5) is 11.8. The van der Waals surface area contributed by atoms with Gasteiger partial charge in [0.1, 0.15) is 24.7 Å². The fraction of sp³-hybridized carbons (Fsp3) is 0.316. The molecule has 0 radical (unpaired) electrons. The maximum Gasteiger partial charge on any atom is 0.508 e. The summed E-state index contributed by atoms with van der Waals surface area (Å²) in [6, 6.07) is 14.9. The number of rotatable bonds is 8. The fourth-order valence-corrected chi connectivity index (χ4v) is 2.15. The van der Waals surface area contributed by atoms with Gasteiger partial charge < -0.3 is 18.9 Å². The average molecular weight is 330 g/mol. The highest BCUT2D eigenvalue weighted by atomic mass is 16.7. The topological polar surface area (TPSA) is 54.0 Å². The van der Waals surface area contributed by atoms with E-state index in [4.69, 9.17) is 18.9 Å². The highest BCUT2D eigenvalue weighted by molar-refractivity contribution is 5.60. The molecule has 0 heterocycles. The van der Waals surface area contributed by atoms with Crippen LogP contribution in [0.2, 0.25) is 0 Å². The van der Waals surface area contributed by atoms with Crippen molar-refractivity contribution in [2.45, 2.75) is 27.1 Å². The summed E-state index contributed by atoms with van der Waals surface area (Å²) >= 11 is 0. The van der Waals surface area contributed by atoms with Crippen LogP contribution in [-0.2, 0) is 22.7 Å². The number of hydrogen-bond donors (Lipinski definition) is 0. The Morgan fingerprint density at radius 1 is 0.750 bits per heavy atom. The Morgan fingerprint density at radius 2 is 1.17 bits per heavy atom. The zero-order valence-electron chi connectivity index (χ0n) is 14.0. The van der Waals surface area contributed by atoms with Gasteiger partial charge in [-0.15, -0.1) is 0 Å². The lowest BCUT2D eigenvalue weighted by Crippen LogP contribution is -2.09. The second kappa shape index (κ2) is 9.45. The van der Waals surface area contributed by atoms with Crippen LogP contribution in [0.5, 0.6) is 11.5 Å². The van der Waals surface area contributed by atoms with Crippen molar-refractivity contribution >= 4 is 6.16 Å². The normalized spacial score (nSPS) is 10.1. The zero-order chi connectivity index (χ0) is 17.2. The second-order valence-electron chi connectivity index (χ2n) is 4.91. The number of carbonyl (C=O) groups excluding carboxylic acids is 1. The molecule has 0 bridgehead atoms. The molecule has 0 unspecified atom stereocenters. The van der Waals surface area contributed by atoms with E-state index in [-0.39, 0.29) is 13.2 Å². The molecule has 5 heteroatoms. The molecule has 0 aliphatic rings. The Bertz CT molecular complexity index is 598. The molecule has 0 saturated carbocycles. The van der Waals surface area contributed by atoms with Crippen LogP contribution in [0.4, 0.5) is 4.79 Å². The van der Waals surface area contributed by atoms with Gasteiger partial charge in [-0.3, -0.25) is 0 Å². The summed E-state index contributed by atoms with van der Waals surface area (Å²) in [6.07, 6.45) is -0.729. The minimum Gasteiger partial charge on any atom is -0.493 e. The first kappa shape index (κ1) is 17.7. The lowest BCUT2D eigenvalue weighted by atomic mass is 10.2. The van der Waals surface area contributed by atoms with E-state index in [9.17, 15) is 4.79 Å². The summed E-state index contributed by atoms with van der Waals surface area (Å²) in [5.41, 5.74) is 1.59. The number of carbonyl (C=O) groups is 1. The average Bonchev–Trinajstić information content (AvgIpc) is 2.61. The van der Waals surface area contributed by atoms with E-state index < -0.39 is 6.16 Å². The summed E-state index contributed by atoms with van der Waals surface area (Å²) in [6.45, 7) is 5.11. The maximum absolute atomic E-state index is 11.8. The minimum atomic E-state index is -0.729. The lowest BCUT2D eigenvalue weighted by Gasteiger charge is -2.12. The summed E-state index contributed by atoms with van der Waals surface area (Å²) in [7, 11) is 0. The maximum atomic E-state index is 11.8. The standard InChI is InChI=1S/C19H22O5/c1-3-21-17-11-7-5-9-15(17)13-23-19(20)24-14-16-10-6-8-12-18(16)22-4-2/h5-12H,3-4,13-14H2,1-2H3. The molecule has 0 aliphatic heterocycles. The van der Waals surface area contributed by atoms with E-state index in [0.717, 1.165) is 11.1 Å². The summed E-state index contributed by atoms with van der Waals surface area (Å²) in [5, 5.41) is 0. The van der Waals surface area contributed by atoms with Gasteiger partial charge in [-0.2, -0.15) is 0 Å². The molecule has 0 aliphatic carbocycles. The van der Waals surface area contributed by atoms with Crippen molar-refractivity contribution in [2.75, 3.05) is 13.2 Å². The van der Waals surface area contributed by atoms with Crippen LogP contribution in [-0.4, -0.2) is 19.4 Å². The first-order chi connectivity index (χ1) is 11.7. The smallest absolute Gasteiger partial charge is 0.493 e. The number of para-hydroxylation sites is 2. The molecular formula is C19H22O5. The molecule has 0 aromatic heterocycles. The van der Waals surface area contributed by atoms with E-state index >= 15 is 0 Å². The number of hydrogen-bond acceptors (Lipinski definition) is 5. The molecule has 2 rings (SSSR count). The Hall–Kier alpha value is -2.69. The summed E-state index contributed by atoms with van der Waals surface area (Å²) in [5.74, 6) is 1.41. The Kier molecular flexibility index (Phi) is 6.95. The van der Waals surface area contributed by atoms with Crippen LogP contribution in [0.3, 0.4) is 0 Å². The molecule has 5 nitrogen and oxygen atoms in total. The quantitative estimate of drug-likeness (QED) is 0.674. The van der Waals surface area contributed by atoms with Gasteiger partial charge in [0, 0.05) is 11.1 Å². The van der Waals surface area contributed by atoms with E-state index in [2.05, 4.69) is 0 Å². The lowest BCUT2D eigenvalue weighted by molar-refractivity contribution is 0.0436. The van der Waals surface area contributed by atoms with Crippen LogP contribution in [0.15, 0.2) is 48.5 Å². The third-order valence-corrected chi connectivity index (χ3v) is 3.24. The Morgan fingerprint density at radius 3 is 1.58 bits per heavy atom. The summed E-state index contributed by atoms with van der Waals surface area (Å²) < 4.78 is 21.3. The van der Waals surface area contributed by atoms with E-state index in [1.54, 1.807) is 0 Å². The predicted molar refractivity (Wildman–Crippen MR) is 90.2 cm³/mol. The van der Waals surface area contributed by atoms with E-state index in [1.165, 1.54) is 0 Å². The van der Waals surface area contributed by atoms with Crippen molar-refractivity contribution in [1.29, 1.82) is 0 Å². The number of ether oxygens (including phenoxy) is 4. The van der Waals surface area contributed by atoms with Gasteiger partial charge in [0.15, 0.2) is 0 Å². The van der Waals surface area contributed by atoms with Crippen LogP contribution in [0, 0.1) is 0 Å². The SMILES string of the molecule is CCOc1ccccc1COC(=O)OCc1ccccc1OCC. The van der Waals surface area contributed by atoms with Gasteiger partial charge in [-0.25, -0.2) is 4.79 Å². The number of benzene rings is 2. The third kappa shape index (κ3) is 5.19. The van der Waals surface area contributed by atoms with Gasteiger partial charge in [0.2, 0.25) is 0 Å². The molecule has 2 aromatic rings. The van der Waals surface area contributed by atoms with Gasteiger partial charge in [0.05, 0.1) is 13.2 Å². The zero-order valence-corrected chi connectivity index (χ0v) is 14.0. The molecule has 0 saturated heterocycles. The van der Waals surface area contributed by atoms with E-state index in [0.29, 0.717) is 24.7 Å². The third-order valence-electron chi connectivity index (χ3n) is 3.24. The van der Waals surface area contributed by atoms with Crippen molar-refractivity contribution in [3.63, 3.8) is 0 Å². The van der Waals surface area contributed by atoms with Crippen molar-refractivity contribution in [1.82, 2.24) is 0 Å². The monoisotopic (exact) mass is 330 g/mol.